The van der Waals surface area contributed by atoms with E-state index >= 15 is 0 Å². The summed E-state index contributed by atoms with van der Waals surface area (Å²) >= 11 is 0. The van der Waals surface area contributed by atoms with E-state index in [9.17, 15) is 14.7 Å². The molecule has 10 heteroatoms. The second-order valence-electron chi connectivity index (χ2n) is 2.35. The fourth-order valence-electron chi connectivity index (χ4n) is 0. The summed E-state index contributed by atoms with van der Waals surface area (Å²) in [5.41, 5.74) is 0. The number of Topliss-reactive ketones (excluding diaryl/α,β-unsaturated/α-hetero) is 1. The summed E-state index contributed by atoms with van der Waals surface area (Å²) < 4.78 is 0. The second-order valence-corrected chi connectivity index (χ2v) is 2.35. The van der Waals surface area contributed by atoms with Crippen molar-refractivity contribution in [2.24, 2.45) is 0 Å². The van der Waals surface area contributed by atoms with Crippen LogP contribution < -0.4 is 15.3 Å². The molecule has 0 aromatic heterocycles. The third-order valence-corrected chi connectivity index (χ3v) is 0.287. The summed E-state index contributed by atoms with van der Waals surface area (Å²) in [5.74, 6) is -5.56. The van der Waals surface area contributed by atoms with Crippen LogP contribution in [-0.2, 0) is 24.0 Å². The van der Waals surface area contributed by atoms with Crippen LogP contribution in [0.15, 0.2) is 0 Å². The van der Waals surface area contributed by atoms with Crippen LogP contribution in [0.1, 0.15) is 27.7 Å². The Morgan fingerprint density at radius 1 is 0.737 bits per heavy atom. The number of ketones is 1. The van der Waals surface area contributed by atoms with E-state index in [1.165, 1.54) is 0 Å². The van der Waals surface area contributed by atoms with Gasteiger partial charge < -0.3 is 34.8 Å². The van der Waals surface area contributed by atoms with Gasteiger partial charge in [0.2, 0.25) is 0 Å². The predicted octanol–water partition coefficient (Wildman–Crippen LogP) is -4.45. The number of hydrogen-bond acceptors (Lipinski definition) is 8. The van der Waals surface area contributed by atoms with Crippen LogP contribution in [0.25, 0.3) is 0 Å². The zero-order valence-corrected chi connectivity index (χ0v) is 11.9. The molecule has 9 nitrogen and oxygen atoms in total. The van der Waals surface area contributed by atoms with Crippen molar-refractivity contribution in [3.05, 3.63) is 0 Å². The van der Waals surface area contributed by atoms with E-state index < -0.39 is 29.7 Å². The van der Waals surface area contributed by atoms with E-state index in [1.54, 1.807) is 0 Å². The molecule has 0 aliphatic heterocycles. The first-order valence-corrected chi connectivity index (χ1v) is 4.11. The quantitative estimate of drug-likeness (QED) is 0.369. The summed E-state index contributed by atoms with van der Waals surface area (Å²) in [6.07, 6.45) is 0. The minimum absolute atomic E-state index is 0. The number of carboxylic acids is 4. The summed E-state index contributed by atoms with van der Waals surface area (Å²) in [6, 6.07) is 0. The molecule has 0 aliphatic carbocycles. The number of hydrogen-bond donors (Lipinski definition) is 1. The Bertz CT molecular complexity index is 246. The first kappa shape index (κ1) is 30.3. The van der Waals surface area contributed by atoms with Gasteiger partial charge in [0.1, 0.15) is 5.97 Å². The molecule has 0 saturated heterocycles. The van der Waals surface area contributed by atoms with Crippen molar-refractivity contribution < 1.29 is 44.4 Å². The molecule has 0 bridgehead atoms. The van der Waals surface area contributed by atoms with Crippen LogP contribution in [0, 0.1) is 0 Å². The molecular weight excluding hydrogens is 279 g/mol. The van der Waals surface area contributed by atoms with Crippen molar-refractivity contribution in [3.63, 3.8) is 0 Å². The summed E-state index contributed by atoms with van der Waals surface area (Å²) in [6.45, 7) is 3.97. The van der Waals surface area contributed by atoms with Crippen LogP contribution in [0.4, 0.5) is 0 Å². The van der Waals surface area contributed by atoms with Crippen LogP contribution in [-0.4, -0.2) is 52.1 Å². The Morgan fingerprint density at radius 3 is 0.789 bits per heavy atom. The molecule has 0 fully saturated rings. The summed E-state index contributed by atoms with van der Waals surface area (Å²) in [7, 11) is 0. The number of carbonyl (C=O) groups excluding carboxylic acids is 4. The van der Waals surface area contributed by atoms with Gasteiger partial charge in [-0.2, -0.15) is 0 Å². The van der Waals surface area contributed by atoms with Crippen molar-refractivity contribution >= 4 is 47.0 Å². The number of rotatable bonds is 1. The molecule has 0 aliphatic rings. The van der Waals surface area contributed by atoms with E-state index in [0.29, 0.717) is 0 Å². The Morgan fingerprint density at radius 2 is 0.789 bits per heavy atom. The van der Waals surface area contributed by atoms with Gasteiger partial charge in [-0.1, -0.05) is 0 Å². The Kier molecular flexibility index (Phi) is 34.0. The van der Waals surface area contributed by atoms with E-state index in [-0.39, 0.29) is 17.4 Å². The van der Waals surface area contributed by atoms with E-state index in [0.717, 1.165) is 27.7 Å². The van der Waals surface area contributed by atoms with Gasteiger partial charge in [-0.05, 0) is 13.8 Å². The van der Waals surface area contributed by atoms with Gasteiger partial charge in [-0.3, -0.25) is 9.59 Å². The van der Waals surface area contributed by atoms with Crippen molar-refractivity contribution in [1.29, 1.82) is 0 Å². The van der Waals surface area contributed by atoms with Gasteiger partial charge in [-0.25, -0.2) is 0 Å². The third-order valence-electron chi connectivity index (χ3n) is 0.287. The average molecular weight is 292 g/mol. The van der Waals surface area contributed by atoms with Gasteiger partial charge in [-0.15, -0.1) is 0 Å². The molecule has 1 N–H and O–H groups in total. The molecule has 0 aromatic rings. The fraction of sp³-hybridized carbons (Fsp3) is 0.444. The summed E-state index contributed by atoms with van der Waals surface area (Å²) in [5, 5.41) is 34.4. The molecule has 0 amide bonds. The van der Waals surface area contributed by atoms with Crippen molar-refractivity contribution in [3.8, 4) is 0 Å². The normalized spacial score (nSPS) is 6.32. The maximum atomic E-state index is 9.48. The number of carbonyl (C=O) groups is 5. The van der Waals surface area contributed by atoms with Crippen molar-refractivity contribution in [2.75, 3.05) is 0 Å². The zero-order chi connectivity index (χ0) is 15.9. The topological polar surface area (TPSA) is 175 Å². The molecule has 0 radical (unpaired) electrons. The minimum Gasteiger partial charge on any atom is -0.550 e. The molecular formula is C9H13AlO9. The van der Waals surface area contributed by atoms with Gasteiger partial charge >= 0.3 is 17.4 Å². The van der Waals surface area contributed by atoms with E-state index in [2.05, 4.69) is 0 Å². The molecule has 0 atom stereocenters. The largest absolute Gasteiger partial charge is 3.00 e. The van der Waals surface area contributed by atoms with Crippen LogP contribution in [0.5, 0.6) is 0 Å². The molecule has 0 aromatic carbocycles. The molecule has 0 saturated carbocycles. The Labute approximate surface area is 120 Å². The standard InChI is InChI=1S/C3H4O3.3C2H4O2.Al/c1-2(4)3(5)6;3*1-2(3)4;/h1H3,(H,5,6);3*1H3,(H,3,4);/q;;;;+3/p-3. The molecule has 0 spiro atoms. The smallest absolute Gasteiger partial charge is 0.550 e. The van der Waals surface area contributed by atoms with E-state index in [1.807, 2.05) is 0 Å². The molecule has 106 valence electrons. The minimum atomic E-state index is -1.63. The van der Waals surface area contributed by atoms with E-state index in [4.69, 9.17) is 29.7 Å². The number of carboxylic acid groups (broad SMARTS) is 4. The Hall–Kier alpha value is -1.92. The monoisotopic (exact) mass is 292 g/mol. The van der Waals surface area contributed by atoms with Crippen LogP contribution in [0.3, 0.4) is 0 Å². The van der Waals surface area contributed by atoms with Crippen LogP contribution >= 0.6 is 0 Å². The number of aliphatic carboxylic acids is 4. The SMILES string of the molecule is CC(=O)C(=O)[O-].CC(=O)O.CC(=O)[O-].CC(=O)[O-].[Al+3]. The second kappa shape index (κ2) is 21.4. The molecule has 0 unspecified atom stereocenters. The third kappa shape index (κ3) is 735. The van der Waals surface area contributed by atoms with Gasteiger partial charge in [0.15, 0.2) is 5.78 Å². The van der Waals surface area contributed by atoms with Crippen molar-refractivity contribution in [1.82, 2.24) is 0 Å². The van der Waals surface area contributed by atoms with Gasteiger partial charge in [0, 0.05) is 25.8 Å². The first-order chi connectivity index (χ1) is 7.84. The maximum Gasteiger partial charge on any atom is 3.00 e. The fourth-order valence-corrected chi connectivity index (χ4v) is 0. The maximum absolute atomic E-state index is 9.48. The molecule has 0 rings (SSSR count). The Balaban J connectivity index is -0.0000000459. The van der Waals surface area contributed by atoms with Gasteiger partial charge in [0.05, 0.1) is 0 Å². The van der Waals surface area contributed by atoms with Crippen molar-refractivity contribution in [2.45, 2.75) is 27.7 Å². The average Bonchev–Trinajstić information content (AvgIpc) is 1.99. The van der Waals surface area contributed by atoms with Crippen LogP contribution in [0.2, 0.25) is 0 Å². The molecule has 0 heterocycles. The zero-order valence-electron chi connectivity index (χ0n) is 10.8. The predicted molar refractivity (Wildman–Crippen MR) is 56.1 cm³/mol. The molecule has 19 heavy (non-hydrogen) atoms. The summed E-state index contributed by atoms with van der Waals surface area (Å²) in [4.78, 5) is 45.5. The first-order valence-electron chi connectivity index (χ1n) is 4.11. The van der Waals surface area contributed by atoms with Gasteiger partial charge in [0.25, 0.3) is 5.97 Å².